The topological polar surface area (TPSA) is 84.6 Å². The average Bonchev–Trinajstić information content (AvgIpc) is 3.62. The minimum Gasteiger partial charge on any atom is -0.497 e. The van der Waals surface area contributed by atoms with E-state index < -0.39 is 0 Å². The maximum Gasteiger partial charge on any atom is 0.264 e. The van der Waals surface area contributed by atoms with E-state index in [1.807, 2.05) is 41.8 Å². The molecule has 1 aliphatic heterocycles. The molecule has 3 aromatic rings. The van der Waals surface area contributed by atoms with Gasteiger partial charge in [-0.1, -0.05) is 6.07 Å². The molecule has 172 valence electrons. The first kappa shape index (κ1) is 22.8. The van der Waals surface area contributed by atoms with Crippen LogP contribution in [0.5, 0.6) is 5.75 Å². The van der Waals surface area contributed by atoms with Crippen LogP contribution >= 0.6 is 11.3 Å². The monoisotopic (exact) mass is 467 g/mol. The molecule has 2 aromatic heterocycles. The van der Waals surface area contributed by atoms with Crippen LogP contribution in [0.15, 0.2) is 69.7 Å². The second-order valence-corrected chi connectivity index (χ2v) is 8.39. The number of furan rings is 1. The number of hydrogen-bond donors (Lipinski definition) is 0. The van der Waals surface area contributed by atoms with Crippen LogP contribution in [0.25, 0.3) is 0 Å². The molecule has 1 atom stereocenters. The van der Waals surface area contributed by atoms with E-state index in [1.54, 1.807) is 32.6 Å². The summed E-state index contributed by atoms with van der Waals surface area (Å²) in [5.41, 5.74) is 1.66. The van der Waals surface area contributed by atoms with Crippen molar-refractivity contribution in [1.29, 1.82) is 0 Å². The van der Waals surface area contributed by atoms with Gasteiger partial charge in [-0.05, 0) is 53.4 Å². The molecule has 1 aliphatic rings. The Hall–Kier alpha value is -3.43. The van der Waals surface area contributed by atoms with Crippen LogP contribution < -0.4 is 4.74 Å². The largest absolute Gasteiger partial charge is 0.497 e. The van der Waals surface area contributed by atoms with Crippen LogP contribution in [0.1, 0.15) is 33.5 Å². The number of thiophene rings is 1. The van der Waals surface area contributed by atoms with Gasteiger partial charge in [0.05, 0.1) is 30.6 Å². The zero-order valence-corrected chi connectivity index (χ0v) is 19.3. The van der Waals surface area contributed by atoms with Crippen LogP contribution in [0.3, 0.4) is 0 Å². The molecular formula is C24H25N3O5S. The van der Waals surface area contributed by atoms with Gasteiger partial charge in [0, 0.05) is 20.1 Å². The molecule has 0 aliphatic carbocycles. The molecule has 2 amide bonds. The highest BCUT2D eigenvalue weighted by Gasteiger charge is 2.36. The van der Waals surface area contributed by atoms with E-state index in [0.29, 0.717) is 30.2 Å². The third-order valence-electron chi connectivity index (χ3n) is 5.37. The van der Waals surface area contributed by atoms with Crippen molar-refractivity contribution in [2.24, 2.45) is 5.10 Å². The summed E-state index contributed by atoms with van der Waals surface area (Å²) in [5.74, 6) is 0.891. The molecule has 0 saturated carbocycles. The minimum absolute atomic E-state index is 0.114. The second kappa shape index (κ2) is 10.5. The molecule has 0 saturated heterocycles. The molecule has 0 bridgehead atoms. The third-order valence-corrected chi connectivity index (χ3v) is 6.23. The van der Waals surface area contributed by atoms with Crippen LogP contribution in [0.2, 0.25) is 0 Å². The van der Waals surface area contributed by atoms with Gasteiger partial charge in [-0.25, -0.2) is 5.01 Å². The van der Waals surface area contributed by atoms with Crippen LogP contribution in [0, 0.1) is 0 Å². The van der Waals surface area contributed by atoms with Gasteiger partial charge in [-0.2, -0.15) is 5.10 Å². The Morgan fingerprint density at radius 2 is 2.00 bits per heavy atom. The van der Waals surface area contributed by atoms with Crippen LogP contribution in [-0.2, 0) is 9.53 Å². The van der Waals surface area contributed by atoms with Gasteiger partial charge in [0.15, 0.2) is 0 Å². The first-order valence-electron chi connectivity index (χ1n) is 10.5. The number of hydrogen-bond acceptors (Lipinski definition) is 7. The van der Waals surface area contributed by atoms with Crippen LogP contribution in [0.4, 0.5) is 0 Å². The first-order chi connectivity index (χ1) is 16.1. The summed E-state index contributed by atoms with van der Waals surface area (Å²) in [6.45, 7) is 0.510. The summed E-state index contributed by atoms with van der Waals surface area (Å²) in [5, 5.41) is 7.91. The Morgan fingerprint density at radius 3 is 2.64 bits per heavy atom. The maximum absolute atomic E-state index is 13.4. The van der Waals surface area contributed by atoms with E-state index in [4.69, 9.17) is 13.9 Å². The molecule has 4 rings (SSSR count). The number of rotatable bonds is 9. The van der Waals surface area contributed by atoms with Gasteiger partial charge in [-0.3, -0.25) is 9.59 Å². The van der Waals surface area contributed by atoms with Crippen molar-refractivity contribution in [2.75, 3.05) is 33.9 Å². The van der Waals surface area contributed by atoms with E-state index >= 15 is 0 Å². The Bertz CT molecular complexity index is 1090. The van der Waals surface area contributed by atoms with E-state index in [0.717, 1.165) is 17.0 Å². The Morgan fingerprint density at radius 1 is 1.18 bits per heavy atom. The smallest absolute Gasteiger partial charge is 0.264 e. The first-order valence-corrected chi connectivity index (χ1v) is 11.4. The molecule has 33 heavy (non-hydrogen) atoms. The molecule has 0 N–H and O–H groups in total. The fourth-order valence-electron chi connectivity index (χ4n) is 3.65. The number of carbonyl (C=O) groups is 2. The second-order valence-electron chi connectivity index (χ2n) is 7.45. The summed E-state index contributed by atoms with van der Waals surface area (Å²) < 4.78 is 16.0. The Kier molecular flexibility index (Phi) is 7.21. The predicted octanol–water partition coefficient (Wildman–Crippen LogP) is 3.82. The molecule has 0 spiro atoms. The van der Waals surface area contributed by atoms with Crippen molar-refractivity contribution in [3.8, 4) is 5.75 Å². The van der Waals surface area contributed by atoms with Gasteiger partial charge in [0.1, 0.15) is 24.1 Å². The molecule has 0 radical (unpaired) electrons. The standard InChI is InChI=1S/C24H25N3O5S/c1-30-13-11-26(24(29)22-6-4-14-33-22)16-23(28)27-20(21-5-3-12-32-21)15-19(25-27)17-7-9-18(31-2)10-8-17/h3-10,12,14,20H,11,13,15-16H2,1-2H3/t20-/m1/s1. The van der Waals surface area contributed by atoms with Crippen LogP contribution in [-0.4, -0.2) is 61.4 Å². The summed E-state index contributed by atoms with van der Waals surface area (Å²) in [4.78, 5) is 28.4. The normalized spacial score (nSPS) is 15.4. The van der Waals surface area contributed by atoms with Crippen molar-refractivity contribution < 1.29 is 23.5 Å². The summed E-state index contributed by atoms with van der Waals surface area (Å²) >= 11 is 1.34. The van der Waals surface area contributed by atoms with Gasteiger partial charge >= 0.3 is 0 Å². The van der Waals surface area contributed by atoms with Gasteiger partial charge in [0.2, 0.25) is 0 Å². The van der Waals surface area contributed by atoms with Crippen molar-refractivity contribution >= 4 is 28.9 Å². The van der Waals surface area contributed by atoms with Crippen molar-refractivity contribution in [3.63, 3.8) is 0 Å². The fourth-order valence-corrected chi connectivity index (χ4v) is 4.34. The number of nitrogens with zero attached hydrogens (tertiary/aromatic N) is 3. The Balaban J connectivity index is 1.58. The van der Waals surface area contributed by atoms with Crippen molar-refractivity contribution in [1.82, 2.24) is 9.91 Å². The SMILES string of the molecule is COCCN(CC(=O)N1N=C(c2ccc(OC)cc2)C[C@@H]1c1ccco1)C(=O)c1cccs1. The number of ether oxygens (including phenoxy) is 2. The lowest BCUT2D eigenvalue weighted by Gasteiger charge is -2.25. The molecule has 3 heterocycles. The number of methoxy groups -OCH3 is 2. The highest BCUT2D eigenvalue weighted by molar-refractivity contribution is 7.12. The summed E-state index contributed by atoms with van der Waals surface area (Å²) in [6.07, 6.45) is 2.08. The third kappa shape index (κ3) is 5.15. The lowest BCUT2D eigenvalue weighted by Crippen LogP contribution is -2.42. The average molecular weight is 468 g/mol. The maximum atomic E-state index is 13.4. The van der Waals surface area contributed by atoms with Crippen molar-refractivity contribution in [2.45, 2.75) is 12.5 Å². The number of hydrazone groups is 1. The predicted molar refractivity (Wildman–Crippen MR) is 125 cm³/mol. The van der Waals surface area contributed by atoms with E-state index in [-0.39, 0.29) is 24.4 Å². The fraction of sp³-hybridized carbons (Fsp3) is 0.292. The minimum atomic E-state index is -0.384. The van der Waals surface area contributed by atoms with Gasteiger partial charge in [-0.15, -0.1) is 11.3 Å². The zero-order chi connectivity index (χ0) is 23.2. The van der Waals surface area contributed by atoms with Gasteiger partial charge < -0.3 is 18.8 Å². The molecule has 8 nitrogen and oxygen atoms in total. The molecule has 0 unspecified atom stereocenters. The van der Waals surface area contributed by atoms with E-state index in [1.165, 1.54) is 21.2 Å². The quantitative estimate of drug-likeness (QED) is 0.478. The lowest BCUT2D eigenvalue weighted by molar-refractivity contribution is -0.134. The molecule has 0 fully saturated rings. The van der Waals surface area contributed by atoms with E-state index in [9.17, 15) is 9.59 Å². The zero-order valence-electron chi connectivity index (χ0n) is 18.5. The highest BCUT2D eigenvalue weighted by Crippen LogP contribution is 2.33. The lowest BCUT2D eigenvalue weighted by atomic mass is 10.0. The van der Waals surface area contributed by atoms with Gasteiger partial charge in [0.25, 0.3) is 11.8 Å². The number of carbonyl (C=O) groups excluding carboxylic acids is 2. The molecular weight excluding hydrogens is 442 g/mol. The number of amides is 2. The number of benzene rings is 1. The molecule has 9 heteroatoms. The summed E-state index contributed by atoms with van der Waals surface area (Å²) in [7, 11) is 3.18. The van der Waals surface area contributed by atoms with Crippen molar-refractivity contribution in [3.05, 3.63) is 76.4 Å². The molecule has 1 aromatic carbocycles. The Labute approximate surface area is 196 Å². The van der Waals surface area contributed by atoms with E-state index in [2.05, 4.69) is 5.10 Å². The summed E-state index contributed by atoms with van der Waals surface area (Å²) in [6, 6.07) is 14.3. The highest BCUT2D eigenvalue weighted by atomic mass is 32.1.